The van der Waals surface area contributed by atoms with Gasteiger partial charge in [-0.05, 0) is 36.4 Å². The zero-order chi connectivity index (χ0) is 19.4. The number of furan rings is 1. The van der Waals surface area contributed by atoms with Gasteiger partial charge in [0.2, 0.25) is 5.91 Å². The molecule has 1 fully saturated rings. The van der Waals surface area contributed by atoms with Crippen molar-refractivity contribution in [1.82, 2.24) is 10.2 Å². The van der Waals surface area contributed by atoms with Crippen LogP contribution >= 0.6 is 11.3 Å². The van der Waals surface area contributed by atoms with E-state index in [4.69, 9.17) is 4.42 Å². The van der Waals surface area contributed by atoms with Gasteiger partial charge in [0.25, 0.3) is 0 Å². The topological polar surface area (TPSA) is 62.6 Å². The second-order valence-corrected chi connectivity index (χ2v) is 7.40. The molecule has 0 spiro atoms. The van der Waals surface area contributed by atoms with Crippen molar-refractivity contribution in [3.05, 3.63) is 46.5 Å². The number of amides is 2. The third-order valence-electron chi connectivity index (χ3n) is 4.48. The molecule has 2 heterocycles. The van der Waals surface area contributed by atoms with Gasteiger partial charge in [-0.1, -0.05) is 18.9 Å². The molecule has 146 valence electrons. The monoisotopic (exact) mass is 400 g/mol. The molecule has 1 aliphatic rings. The number of carbonyl (C=O) groups is 2. The van der Waals surface area contributed by atoms with Crippen LogP contribution in [0.15, 0.2) is 40.3 Å². The molecule has 3 rings (SSSR count). The van der Waals surface area contributed by atoms with Gasteiger partial charge in [0.05, 0.1) is 12.8 Å². The number of alkyl halides is 3. The van der Waals surface area contributed by atoms with Crippen molar-refractivity contribution in [2.45, 2.75) is 50.5 Å². The Morgan fingerprint density at radius 3 is 2.56 bits per heavy atom. The summed E-state index contributed by atoms with van der Waals surface area (Å²) in [5, 5.41) is 4.47. The zero-order valence-corrected chi connectivity index (χ0v) is 15.2. The van der Waals surface area contributed by atoms with Crippen LogP contribution in [0.1, 0.15) is 42.4 Å². The molecular formula is C18H19F3N2O3S. The van der Waals surface area contributed by atoms with Crippen molar-refractivity contribution < 1.29 is 27.2 Å². The fourth-order valence-electron chi connectivity index (χ4n) is 3.24. The normalized spacial score (nSPS) is 16.3. The number of nitrogens with one attached hydrogen (secondary N) is 1. The number of halogens is 3. The summed E-state index contributed by atoms with van der Waals surface area (Å²) >= 11 is 1.13. The van der Waals surface area contributed by atoms with Crippen LogP contribution in [0.4, 0.5) is 13.2 Å². The Bertz CT molecular complexity index is 753. The average Bonchev–Trinajstić information content (AvgIpc) is 3.36. The van der Waals surface area contributed by atoms with Gasteiger partial charge in [0.1, 0.15) is 11.8 Å². The summed E-state index contributed by atoms with van der Waals surface area (Å²) in [5.74, 6) is -2.50. The Morgan fingerprint density at radius 1 is 1.26 bits per heavy atom. The van der Waals surface area contributed by atoms with Crippen molar-refractivity contribution in [2.75, 3.05) is 0 Å². The molecule has 0 saturated heterocycles. The number of hydrogen-bond acceptors (Lipinski definition) is 4. The molecule has 2 aromatic rings. The fraction of sp³-hybridized carbons (Fsp3) is 0.444. The molecule has 9 heteroatoms. The van der Waals surface area contributed by atoms with Crippen LogP contribution in [0.5, 0.6) is 0 Å². The Morgan fingerprint density at radius 2 is 2.00 bits per heavy atom. The van der Waals surface area contributed by atoms with Gasteiger partial charge < -0.3 is 14.6 Å². The van der Waals surface area contributed by atoms with Gasteiger partial charge in [-0.2, -0.15) is 13.2 Å². The smallest absolute Gasteiger partial charge is 0.467 e. The van der Waals surface area contributed by atoms with Gasteiger partial charge in [-0.15, -0.1) is 11.3 Å². The maximum absolute atomic E-state index is 13.2. The lowest BCUT2D eigenvalue weighted by Crippen LogP contribution is -2.49. The molecule has 27 heavy (non-hydrogen) atoms. The third kappa shape index (κ3) is 4.71. The van der Waals surface area contributed by atoms with E-state index < -0.39 is 30.6 Å². The minimum absolute atomic E-state index is 0.0774. The zero-order valence-electron chi connectivity index (χ0n) is 14.4. The van der Waals surface area contributed by atoms with Crippen LogP contribution in [0.2, 0.25) is 0 Å². The average molecular weight is 400 g/mol. The summed E-state index contributed by atoms with van der Waals surface area (Å²) in [6, 6.07) is 4.74. The molecule has 0 bridgehead atoms. The summed E-state index contributed by atoms with van der Waals surface area (Å²) < 4.78 is 44.9. The number of nitrogens with zero attached hydrogens (tertiary/aromatic N) is 1. The van der Waals surface area contributed by atoms with Gasteiger partial charge in [-0.25, -0.2) is 0 Å². The summed E-state index contributed by atoms with van der Waals surface area (Å²) in [6.07, 6.45) is -0.291. The van der Waals surface area contributed by atoms with Crippen LogP contribution in [0.25, 0.3) is 0 Å². The lowest BCUT2D eigenvalue weighted by molar-refractivity contribution is -0.189. The lowest BCUT2D eigenvalue weighted by Gasteiger charge is -2.31. The SMILES string of the molecule is O=C(NC1CCCC1)C(c1cccs1)N(Cc1ccco1)C(=O)C(F)(F)F. The van der Waals surface area contributed by atoms with Crippen LogP contribution in [-0.2, 0) is 16.1 Å². The molecule has 2 aromatic heterocycles. The number of hydrogen-bond donors (Lipinski definition) is 1. The molecule has 5 nitrogen and oxygen atoms in total. The molecule has 1 unspecified atom stereocenters. The molecule has 0 radical (unpaired) electrons. The Hall–Kier alpha value is -2.29. The third-order valence-corrected chi connectivity index (χ3v) is 5.41. The highest BCUT2D eigenvalue weighted by Crippen LogP contribution is 2.32. The largest absolute Gasteiger partial charge is 0.471 e. The fourth-order valence-corrected chi connectivity index (χ4v) is 4.07. The first kappa shape index (κ1) is 19.5. The summed E-state index contributed by atoms with van der Waals surface area (Å²) in [7, 11) is 0. The number of thiophene rings is 1. The van der Waals surface area contributed by atoms with E-state index in [1.807, 2.05) is 0 Å². The highest BCUT2D eigenvalue weighted by Gasteiger charge is 2.47. The predicted molar refractivity (Wildman–Crippen MR) is 92.8 cm³/mol. The lowest BCUT2D eigenvalue weighted by atomic mass is 10.1. The van der Waals surface area contributed by atoms with Crippen molar-refractivity contribution in [2.24, 2.45) is 0 Å². The maximum Gasteiger partial charge on any atom is 0.471 e. The van der Waals surface area contributed by atoms with E-state index in [1.54, 1.807) is 17.5 Å². The molecule has 0 aromatic carbocycles. The number of carbonyl (C=O) groups excluding carboxylic acids is 2. The van der Waals surface area contributed by atoms with E-state index in [0.29, 0.717) is 9.78 Å². The van der Waals surface area contributed by atoms with E-state index in [2.05, 4.69) is 5.32 Å². The quantitative estimate of drug-likeness (QED) is 0.796. The van der Waals surface area contributed by atoms with E-state index in [0.717, 1.165) is 37.0 Å². The van der Waals surface area contributed by atoms with E-state index >= 15 is 0 Å². The Kier molecular flexibility index (Phi) is 5.88. The summed E-state index contributed by atoms with van der Waals surface area (Å²) in [6.45, 7) is -0.452. The van der Waals surface area contributed by atoms with Gasteiger partial charge in [-0.3, -0.25) is 9.59 Å². The van der Waals surface area contributed by atoms with Gasteiger partial charge in [0.15, 0.2) is 0 Å². The Labute approximate surface area is 158 Å². The van der Waals surface area contributed by atoms with Crippen molar-refractivity contribution >= 4 is 23.2 Å². The first-order valence-corrected chi connectivity index (χ1v) is 9.48. The van der Waals surface area contributed by atoms with Crippen molar-refractivity contribution in [3.63, 3.8) is 0 Å². The van der Waals surface area contributed by atoms with Crippen LogP contribution in [-0.4, -0.2) is 28.9 Å². The molecule has 1 aliphatic carbocycles. The maximum atomic E-state index is 13.2. The standard InChI is InChI=1S/C18H19F3N2O3S/c19-18(20,21)17(25)23(11-13-7-3-9-26-13)15(14-8-4-10-27-14)16(24)22-12-5-1-2-6-12/h3-4,7-10,12,15H,1-2,5-6,11H2,(H,22,24). The van der Waals surface area contributed by atoms with Crippen LogP contribution in [0, 0.1) is 0 Å². The molecule has 1 atom stereocenters. The van der Waals surface area contributed by atoms with E-state index in [-0.39, 0.29) is 11.8 Å². The first-order valence-electron chi connectivity index (χ1n) is 8.60. The van der Waals surface area contributed by atoms with E-state index in [1.165, 1.54) is 18.4 Å². The second kappa shape index (κ2) is 8.16. The van der Waals surface area contributed by atoms with Gasteiger partial charge >= 0.3 is 12.1 Å². The van der Waals surface area contributed by atoms with Crippen LogP contribution in [0.3, 0.4) is 0 Å². The molecular weight excluding hydrogens is 381 g/mol. The van der Waals surface area contributed by atoms with E-state index in [9.17, 15) is 22.8 Å². The number of rotatable bonds is 6. The van der Waals surface area contributed by atoms with Crippen molar-refractivity contribution in [1.29, 1.82) is 0 Å². The second-order valence-electron chi connectivity index (χ2n) is 6.42. The van der Waals surface area contributed by atoms with Crippen LogP contribution < -0.4 is 5.32 Å². The van der Waals surface area contributed by atoms with Gasteiger partial charge in [0, 0.05) is 10.9 Å². The molecule has 2 amide bonds. The highest BCUT2D eigenvalue weighted by atomic mass is 32.1. The Balaban J connectivity index is 1.93. The summed E-state index contributed by atoms with van der Waals surface area (Å²) in [5.41, 5.74) is 0. The molecule has 1 saturated carbocycles. The van der Waals surface area contributed by atoms with Crippen molar-refractivity contribution in [3.8, 4) is 0 Å². The predicted octanol–water partition coefficient (Wildman–Crippen LogP) is 4.03. The first-order chi connectivity index (χ1) is 12.9. The minimum atomic E-state index is -5.10. The highest BCUT2D eigenvalue weighted by molar-refractivity contribution is 7.10. The minimum Gasteiger partial charge on any atom is -0.467 e. The molecule has 1 N–H and O–H groups in total. The molecule has 0 aliphatic heterocycles. The summed E-state index contributed by atoms with van der Waals surface area (Å²) in [4.78, 5) is 26.0.